The summed E-state index contributed by atoms with van der Waals surface area (Å²) in [5, 5.41) is 4.36. The summed E-state index contributed by atoms with van der Waals surface area (Å²) in [6.07, 6.45) is 4.62. The molecule has 0 aliphatic carbocycles. The van der Waals surface area contributed by atoms with Crippen LogP contribution in [0.5, 0.6) is 0 Å². The van der Waals surface area contributed by atoms with Crippen LogP contribution in [0.1, 0.15) is 22.5 Å². The van der Waals surface area contributed by atoms with Crippen molar-refractivity contribution in [3.63, 3.8) is 0 Å². The van der Waals surface area contributed by atoms with E-state index >= 15 is 0 Å². The Bertz CT molecular complexity index is 1180. The molecule has 0 spiro atoms. The van der Waals surface area contributed by atoms with Gasteiger partial charge in [0, 0.05) is 47.5 Å². The Morgan fingerprint density at radius 2 is 1.86 bits per heavy atom. The Morgan fingerprint density at radius 1 is 1.04 bits per heavy atom. The lowest BCUT2D eigenvalue weighted by atomic mass is 10.1. The maximum Gasteiger partial charge on any atom is 0.277 e. The van der Waals surface area contributed by atoms with Gasteiger partial charge in [0.15, 0.2) is 0 Å². The van der Waals surface area contributed by atoms with Crippen molar-refractivity contribution < 1.29 is 13.6 Å². The number of hydrogen-bond donors (Lipinski definition) is 0. The minimum absolute atomic E-state index is 0.0624. The van der Waals surface area contributed by atoms with Gasteiger partial charge in [-0.15, -0.1) is 0 Å². The molecule has 140 valence electrons. The van der Waals surface area contributed by atoms with E-state index in [-0.39, 0.29) is 11.5 Å². The van der Waals surface area contributed by atoms with Crippen molar-refractivity contribution in [1.82, 2.24) is 19.2 Å². The second kappa shape index (κ2) is 6.26. The highest BCUT2D eigenvalue weighted by atomic mass is 19.3. The third-order valence-corrected chi connectivity index (χ3v) is 4.98. The van der Waals surface area contributed by atoms with Gasteiger partial charge in [0.05, 0.1) is 12.7 Å². The summed E-state index contributed by atoms with van der Waals surface area (Å²) in [5.74, 6) is -0.200. The SMILES string of the molecule is O=C1c2c(-c3ccc4nccn4c3)cnn2CCN1c1ccc(C(F)F)cc1. The lowest BCUT2D eigenvalue weighted by Gasteiger charge is -2.28. The molecule has 0 saturated heterocycles. The largest absolute Gasteiger partial charge is 0.306 e. The van der Waals surface area contributed by atoms with Crippen LogP contribution in [-0.2, 0) is 6.54 Å². The molecule has 6 nitrogen and oxygen atoms in total. The Morgan fingerprint density at radius 3 is 2.64 bits per heavy atom. The second-order valence-corrected chi connectivity index (χ2v) is 6.59. The Hall–Kier alpha value is -3.55. The van der Waals surface area contributed by atoms with E-state index in [1.807, 2.05) is 28.9 Å². The number of amides is 1. The van der Waals surface area contributed by atoms with E-state index in [9.17, 15) is 13.6 Å². The van der Waals surface area contributed by atoms with Crippen LogP contribution in [0.2, 0.25) is 0 Å². The van der Waals surface area contributed by atoms with E-state index in [0.717, 1.165) is 16.8 Å². The topological polar surface area (TPSA) is 55.4 Å². The predicted molar refractivity (Wildman–Crippen MR) is 99.5 cm³/mol. The molecule has 0 saturated carbocycles. The molecule has 8 heteroatoms. The molecule has 0 bridgehead atoms. The number of pyridine rings is 1. The van der Waals surface area contributed by atoms with Crippen molar-refractivity contribution in [3.8, 4) is 11.1 Å². The van der Waals surface area contributed by atoms with Crippen LogP contribution < -0.4 is 4.90 Å². The lowest BCUT2D eigenvalue weighted by molar-refractivity contribution is 0.0963. The number of alkyl halides is 2. The van der Waals surface area contributed by atoms with E-state index in [4.69, 9.17) is 0 Å². The first kappa shape index (κ1) is 16.6. The highest BCUT2D eigenvalue weighted by Crippen LogP contribution is 2.30. The molecule has 5 rings (SSSR count). The van der Waals surface area contributed by atoms with Crippen LogP contribution in [0.15, 0.2) is 61.2 Å². The minimum atomic E-state index is -2.53. The number of hydrogen-bond acceptors (Lipinski definition) is 3. The number of anilines is 1. The van der Waals surface area contributed by atoms with E-state index < -0.39 is 6.43 Å². The molecular formula is C20H15F2N5O. The average Bonchev–Trinajstić information content (AvgIpc) is 3.35. The Kier molecular flexibility index (Phi) is 3.71. The summed E-state index contributed by atoms with van der Waals surface area (Å²) in [5.41, 5.74) is 3.43. The zero-order valence-electron chi connectivity index (χ0n) is 14.7. The monoisotopic (exact) mass is 379 g/mol. The van der Waals surface area contributed by atoms with Gasteiger partial charge in [0.2, 0.25) is 0 Å². The number of imidazole rings is 1. The van der Waals surface area contributed by atoms with Crippen molar-refractivity contribution in [3.05, 3.63) is 72.4 Å². The predicted octanol–water partition coefficient (Wildman–Crippen LogP) is 3.80. The zero-order valence-corrected chi connectivity index (χ0v) is 14.7. The first-order valence-electron chi connectivity index (χ1n) is 8.81. The number of rotatable bonds is 3. The first-order valence-corrected chi connectivity index (χ1v) is 8.81. The Labute approximate surface area is 158 Å². The lowest BCUT2D eigenvalue weighted by Crippen LogP contribution is -2.40. The quantitative estimate of drug-likeness (QED) is 0.544. The minimum Gasteiger partial charge on any atom is -0.306 e. The first-order chi connectivity index (χ1) is 13.6. The molecule has 0 radical (unpaired) electrons. The van der Waals surface area contributed by atoms with Crippen LogP contribution in [-0.4, -0.2) is 31.6 Å². The van der Waals surface area contributed by atoms with Crippen molar-refractivity contribution >= 4 is 17.2 Å². The second-order valence-electron chi connectivity index (χ2n) is 6.59. The van der Waals surface area contributed by atoms with Crippen molar-refractivity contribution in [2.45, 2.75) is 13.0 Å². The van der Waals surface area contributed by atoms with Crippen LogP contribution in [0, 0.1) is 0 Å². The van der Waals surface area contributed by atoms with Crippen LogP contribution in [0.4, 0.5) is 14.5 Å². The summed E-state index contributed by atoms with van der Waals surface area (Å²) in [6.45, 7) is 0.965. The number of halogens is 2. The van der Waals surface area contributed by atoms with Crippen LogP contribution >= 0.6 is 0 Å². The number of nitrogens with zero attached hydrogens (tertiary/aromatic N) is 5. The number of carbonyl (C=O) groups is 1. The maximum atomic E-state index is 13.2. The van der Waals surface area contributed by atoms with Crippen molar-refractivity contribution in [1.29, 1.82) is 0 Å². The van der Waals surface area contributed by atoms with Gasteiger partial charge in [0.1, 0.15) is 11.3 Å². The van der Waals surface area contributed by atoms with Gasteiger partial charge >= 0.3 is 0 Å². The summed E-state index contributed by atoms with van der Waals surface area (Å²) in [4.78, 5) is 19.0. The molecule has 1 amide bonds. The van der Waals surface area contributed by atoms with Crippen molar-refractivity contribution in [2.24, 2.45) is 0 Å². The van der Waals surface area contributed by atoms with Gasteiger partial charge in [-0.2, -0.15) is 5.10 Å². The molecule has 1 aliphatic heterocycles. The molecule has 1 aliphatic rings. The molecular weight excluding hydrogens is 364 g/mol. The standard InChI is InChI=1S/C20H15F2N5O/c21-19(22)13-1-4-15(5-2-13)26-9-10-27-18(20(26)28)16(11-24-27)14-3-6-17-23-7-8-25(17)12-14/h1-8,11-12,19H,9-10H2. The van der Waals surface area contributed by atoms with E-state index in [1.54, 1.807) is 34.1 Å². The van der Waals surface area contributed by atoms with Crippen molar-refractivity contribution in [2.75, 3.05) is 11.4 Å². The molecule has 0 unspecified atom stereocenters. The van der Waals surface area contributed by atoms with E-state index in [2.05, 4.69) is 10.1 Å². The van der Waals surface area contributed by atoms with Crippen LogP contribution in [0.3, 0.4) is 0 Å². The van der Waals surface area contributed by atoms with Gasteiger partial charge in [-0.3, -0.25) is 9.48 Å². The zero-order chi connectivity index (χ0) is 19.3. The Balaban J connectivity index is 1.53. The van der Waals surface area contributed by atoms with E-state index in [1.165, 1.54) is 12.1 Å². The van der Waals surface area contributed by atoms with Gasteiger partial charge in [-0.1, -0.05) is 12.1 Å². The summed E-state index contributed by atoms with van der Waals surface area (Å²) in [6, 6.07) is 9.61. The maximum absolute atomic E-state index is 13.2. The third-order valence-electron chi connectivity index (χ3n) is 4.98. The highest BCUT2D eigenvalue weighted by molar-refractivity contribution is 6.09. The van der Waals surface area contributed by atoms with Gasteiger partial charge in [-0.05, 0) is 24.3 Å². The van der Waals surface area contributed by atoms with E-state index in [0.29, 0.717) is 24.5 Å². The summed E-state index contributed by atoms with van der Waals surface area (Å²) in [7, 11) is 0. The van der Waals surface area contributed by atoms with Crippen LogP contribution in [0.25, 0.3) is 16.8 Å². The molecule has 3 aromatic heterocycles. The number of fused-ring (bicyclic) bond motifs is 2. The molecule has 1 aromatic carbocycles. The van der Waals surface area contributed by atoms with Gasteiger partial charge < -0.3 is 9.30 Å². The molecule has 4 heterocycles. The number of aromatic nitrogens is 4. The highest BCUT2D eigenvalue weighted by Gasteiger charge is 2.30. The fourth-order valence-electron chi connectivity index (χ4n) is 3.54. The average molecular weight is 379 g/mol. The summed E-state index contributed by atoms with van der Waals surface area (Å²) < 4.78 is 29.2. The third kappa shape index (κ3) is 2.57. The fraction of sp³-hybridized carbons (Fsp3) is 0.150. The fourth-order valence-corrected chi connectivity index (χ4v) is 3.54. The normalized spacial score (nSPS) is 14.1. The number of benzene rings is 1. The molecule has 0 N–H and O–H groups in total. The number of carbonyl (C=O) groups excluding carboxylic acids is 1. The molecule has 28 heavy (non-hydrogen) atoms. The molecule has 4 aromatic rings. The van der Waals surface area contributed by atoms with Gasteiger partial charge in [-0.25, -0.2) is 13.8 Å². The molecule has 0 atom stereocenters. The molecule has 0 fully saturated rings. The van der Waals surface area contributed by atoms with Gasteiger partial charge in [0.25, 0.3) is 12.3 Å². The smallest absolute Gasteiger partial charge is 0.277 e. The summed E-state index contributed by atoms with van der Waals surface area (Å²) >= 11 is 0.